The minimum absolute atomic E-state index is 0.0178. The van der Waals surface area contributed by atoms with Crippen LogP contribution in [0.2, 0.25) is 0 Å². The minimum atomic E-state index is -4.57. The minimum Gasteiger partial charge on any atom is -0.376 e. The van der Waals surface area contributed by atoms with E-state index in [0.29, 0.717) is 5.69 Å². The van der Waals surface area contributed by atoms with Gasteiger partial charge in [0.1, 0.15) is 0 Å². The van der Waals surface area contributed by atoms with Crippen LogP contribution in [0.5, 0.6) is 0 Å². The summed E-state index contributed by atoms with van der Waals surface area (Å²) in [6.45, 7) is 0. The molecule has 158 valence electrons. The Morgan fingerprint density at radius 3 is 2.17 bits per heavy atom. The first-order chi connectivity index (χ1) is 13.2. The van der Waals surface area contributed by atoms with Gasteiger partial charge < -0.3 is 10.2 Å². The third-order valence-electron chi connectivity index (χ3n) is 4.01. The molecule has 0 heterocycles. The third-order valence-corrected chi connectivity index (χ3v) is 6.81. The van der Waals surface area contributed by atoms with Crippen molar-refractivity contribution in [1.82, 2.24) is 4.31 Å². The van der Waals surface area contributed by atoms with E-state index in [-0.39, 0.29) is 20.6 Å². The van der Waals surface area contributed by atoms with Crippen molar-refractivity contribution in [3.05, 3.63) is 52.0 Å². The fourth-order valence-electron chi connectivity index (χ4n) is 2.44. The van der Waals surface area contributed by atoms with Gasteiger partial charge in [0, 0.05) is 38.2 Å². The summed E-state index contributed by atoms with van der Waals surface area (Å²) in [4.78, 5) is 14.1. The summed E-state index contributed by atoms with van der Waals surface area (Å²) in [5.74, 6) is -0.741. The van der Waals surface area contributed by atoms with E-state index in [2.05, 4.69) is 21.2 Å². The molecule has 6 nitrogen and oxygen atoms in total. The molecule has 11 heteroatoms. The fourth-order valence-corrected chi connectivity index (χ4v) is 4.28. The number of amides is 1. The van der Waals surface area contributed by atoms with Crippen LogP contribution in [0.4, 0.5) is 24.5 Å². The maximum atomic E-state index is 13.1. The molecule has 0 aliphatic carbocycles. The van der Waals surface area contributed by atoms with E-state index in [9.17, 15) is 26.4 Å². The molecule has 2 aromatic carbocycles. The first-order valence-electron chi connectivity index (χ1n) is 8.17. The Kier molecular flexibility index (Phi) is 6.65. The Bertz CT molecular complexity index is 1040. The van der Waals surface area contributed by atoms with Gasteiger partial charge in [0.25, 0.3) is 5.91 Å². The summed E-state index contributed by atoms with van der Waals surface area (Å²) in [7, 11) is 2.11. The van der Waals surface area contributed by atoms with Gasteiger partial charge in [-0.3, -0.25) is 4.79 Å². The number of hydrogen-bond acceptors (Lipinski definition) is 4. The molecule has 1 amide bonds. The molecule has 0 fully saturated rings. The summed E-state index contributed by atoms with van der Waals surface area (Å²) < 4.78 is 65.3. The Hall–Kier alpha value is -2.11. The van der Waals surface area contributed by atoms with E-state index >= 15 is 0 Å². The number of carbonyl (C=O) groups excluding carboxylic acids is 1. The van der Waals surface area contributed by atoms with Crippen LogP contribution >= 0.6 is 15.9 Å². The topological polar surface area (TPSA) is 69.7 Å². The molecule has 0 saturated carbocycles. The highest BCUT2D eigenvalue weighted by Gasteiger charge is 2.31. The second kappa shape index (κ2) is 8.33. The number of rotatable bonds is 5. The molecule has 0 aromatic heterocycles. The zero-order valence-electron chi connectivity index (χ0n) is 16.0. The highest BCUT2D eigenvalue weighted by Crippen LogP contribution is 2.35. The molecule has 0 spiro atoms. The maximum absolute atomic E-state index is 13.1. The van der Waals surface area contributed by atoms with Crippen molar-refractivity contribution in [2.24, 2.45) is 0 Å². The van der Waals surface area contributed by atoms with Crippen molar-refractivity contribution in [3.63, 3.8) is 0 Å². The number of anilines is 2. The standard InChI is InChI=1S/C18H19BrF3N3O3S/c1-24(2)15-8-6-12(18(20,21)22)10-14(15)23-17(26)11-5-7-13(19)16(9-11)29(27,28)25(3)4/h5-10H,1-4H3,(H,23,26). The van der Waals surface area contributed by atoms with Gasteiger partial charge in [-0.05, 0) is 52.3 Å². The number of benzene rings is 2. The summed E-state index contributed by atoms with van der Waals surface area (Å²) >= 11 is 3.14. The van der Waals surface area contributed by atoms with Crippen LogP contribution in [-0.4, -0.2) is 46.8 Å². The first kappa shape index (κ1) is 23.2. The average molecular weight is 494 g/mol. The van der Waals surface area contributed by atoms with Gasteiger partial charge in [-0.1, -0.05) is 0 Å². The van der Waals surface area contributed by atoms with E-state index in [1.165, 1.54) is 32.3 Å². The van der Waals surface area contributed by atoms with Crippen molar-refractivity contribution >= 4 is 43.2 Å². The largest absolute Gasteiger partial charge is 0.416 e. The van der Waals surface area contributed by atoms with Crippen molar-refractivity contribution < 1.29 is 26.4 Å². The summed E-state index contributed by atoms with van der Waals surface area (Å²) in [5, 5.41) is 2.44. The molecule has 0 atom stereocenters. The van der Waals surface area contributed by atoms with E-state index in [1.54, 1.807) is 19.0 Å². The summed E-state index contributed by atoms with van der Waals surface area (Å²) in [5.41, 5.74) is -0.611. The Morgan fingerprint density at radius 2 is 1.66 bits per heavy atom. The van der Waals surface area contributed by atoms with E-state index in [1.807, 2.05) is 0 Å². The van der Waals surface area contributed by atoms with Crippen molar-refractivity contribution in [3.8, 4) is 0 Å². The highest BCUT2D eigenvalue weighted by atomic mass is 79.9. The van der Waals surface area contributed by atoms with Crippen molar-refractivity contribution in [2.75, 3.05) is 38.4 Å². The molecule has 0 saturated heterocycles. The third kappa shape index (κ3) is 5.09. The number of sulfonamides is 1. The van der Waals surface area contributed by atoms with Crippen LogP contribution in [0.3, 0.4) is 0 Å². The van der Waals surface area contributed by atoms with Crippen molar-refractivity contribution in [1.29, 1.82) is 0 Å². The second-order valence-electron chi connectivity index (χ2n) is 6.51. The molecule has 0 bridgehead atoms. The lowest BCUT2D eigenvalue weighted by atomic mass is 10.1. The SMILES string of the molecule is CN(C)c1ccc(C(F)(F)F)cc1NC(=O)c1ccc(Br)c(S(=O)(=O)N(C)C)c1. The number of halogens is 4. The zero-order valence-corrected chi connectivity index (χ0v) is 18.4. The molecule has 0 radical (unpaired) electrons. The van der Waals surface area contributed by atoms with Gasteiger partial charge in [0.15, 0.2) is 0 Å². The lowest BCUT2D eigenvalue weighted by molar-refractivity contribution is -0.137. The van der Waals surface area contributed by atoms with Gasteiger partial charge >= 0.3 is 6.18 Å². The van der Waals surface area contributed by atoms with Crippen molar-refractivity contribution in [2.45, 2.75) is 11.1 Å². The molecule has 0 aliphatic heterocycles. The van der Waals surface area contributed by atoms with Gasteiger partial charge in [0.2, 0.25) is 10.0 Å². The number of alkyl halides is 3. The first-order valence-corrected chi connectivity index (χ1v) is 10.4. The highest BCUT2D eigenvalue weighted by molar-refractivity contribution is 9.10. The zero-order chi connectivity index (χ0) is 22.1. The quantitative estimate of drug-likeness (QED) is 0.682. The molecule has 2 rings (SSSR count). The predicted octanol–water partition coefficient (Wildman–Crippen LogP) is 4.04. The Labute approximate surface area is 175 Å². The molecular weight excluding hydrogens is 475 g/mol. The summed E-state index contributed by atoms with van der Waals surface area (Å²) in [6, 6.07) is 6.94. The smallest absolute Gasteiger partial charge is 0.376 e. The number of nitrogens with zero attached hydrogens (tertiary/aromatic N) is 2. The maximum Gasteiger partial charge on any atom is 0.416 e. The van der Waals surface area contributed by atoms with Crippen LogP contribution in [0.1, 0.15) is 15.9 Å². The monoisotopic (exact) mass is 493 g/mol. The molecule has 2 aromatic rings. The van der Waals surface area contributed by atoms with Gasteiger partial charge in [0.05, 0.1) is 21.8 Å². The van der Waals surface area contributed by atoms with E-state index in [4.69, 9.17) is 0 Å². The summed E-state index contributed by atoms with van der Waals surface area (Å²) in [6.07, 6.45) is -4.57. The number of nitrogens with one attached hydrogen (secondary N) is 1. The average Bonchev–Trinajstić information content (AvgIpc) is 2.60. The molecule has 0 aliphatic rings. The fraction of sp³-hybridized carbons (Fsp3) is 0.278. The van der Waals surface area contributed by atoms with Gasteiger partial charge in [-0.2, -0.15) is 13.2 Å². The Balaban J connectivity index is 2.48. The Morgan fingerprint density at radius 1 is 1.03 bits per heavy atom. The van der Waals surface area contributed by atoms with Crippen LogP contribution in [-0.2, 0) is 16.2 Å². The normalized spacial score (nSPS) is 12.2. The number of carbonyl (C=O) groups is 1. The van der Waals surface area contributed by atoms with E-state index in [0.717, 1.165) is 22.5 Å². The molecule has 0 unspecified atom stereocenters. The van der Waals surface area contributed by atoms with Gasteiger partial charge in [-0.25, -0.2) is 12.7 Å². The van der Waals surface area contributed by atoms with Gasteiger partial charge in [-0.15, -0.1) is 0 Å². The molecule has 29 heavy (non-hydrogen) atoms. The van der Waals surface area contributed by atoms with E-state index < -0.39 is 27.7 Å². The van der Waals surface area contributed by atoms with Crippen LogP contribution in [0.25, 0.3) is 0 Å². The lowest BCUT2D eigenvalue weighted by Gasteiger charge is -2.20. The molecule has 1 N–H and O–H groups in total. The molecular formula is C18H19BrF3N3O3S. The van der Waals surface area contributed by atoms with Crippen LogP contribution in [0, 0.1) is 0 Å². The van der Waals surface area contributed by atoms with Crippen LogP contribution in [0.15, 0.2) is 45.8 Å². The number of hydrogen-bond donors (Lipinski definition) is 1. The van der Waals surface area contributed by atoms with Crippen LogP contribution < -0.4 is 10.2 Å². The lowest BCUT2D eigenvalue weighted by Crippen LogP contribution is -2.23. The second-order valence-corrected chi connectivity index (χ2v) is 9.49. The predicted molar refractivity (Wildman–Crippen MR) is 109 cm³/mol.